The molecule has 3 nitrogen and oxygen atoms in total. The van der Waals surface area contributed by atoms with Crippen LogP contribution < -0.4 is 0 Å². The van der Waals surface area contributed by atoms with Crippen molar-refractivity contribution in [1.29, 1.82) is 0 Å². The van der Waals surface area contributed by atoms with Crippen LogP contribution in [-0.4, -0.2) is 28.2 Å². The van der Waals surface area contributed by atoms with Gasteiger partial charge in [0.1, 0.15) is 11.5 Å². The molecule has 0 bridgehead atoms. The molecular formula is C15H23NO2. The molecule has 1 aliphatic rings. The van der Waals surface area contributed by atoms with Gasteiger partial charge in [-0.25, -0.2) is 0 Å². The molecule has 2 atom stereocenters. The molecule has 100 valence electrons. The highest BCUT2D eigenvalue weighted by Gasteiger charge is 2.30. The predicted octanol–water partition coefficient (Wildman–Crippen LogP) is 3.14. The van der Waals surface area contributed by atoms with Crippen LogP contribution in [0.5, 0.6) is 11.5 Å². The number of benzene rings is 1. The van der Waals surface area contributed by atoms with Crippen LogP contribution in [-0.2, 0) is 0 Å². The molecular weight excluding hydrogens is 226 g/mol. The number of phenols is 2. The van der Waals surface area contributed by atoms with Gasteiger partial charge in [0, 0.05) is 12.6 Å². The molecule has 3 heteroatoms. The monoisotopic (exact) mass is 249 g/mol. The molecule has 18 heavy (non-hydrogen) atoms. The van der Waals surface area contributed by atoms with Gasteiger partial charge in [-0.1, -0.05) is 19.9 Å². The second-order valence-corrected chi connectivity index (χ2v) is 5.67. The fourth-order valence-corrected chi connectivity index (χ4v) is 2.86. The predicted molar refractivity (Wildman–Crippen MR) is 72.7 cm³/mol. The largest absolute Gasteiger partial charge is 0.507 e. The van der Waals surface area contributed by atoms with Gasteiger partial charge in [0.2, 0.25) is 0 Å². The molecule has 1 fully saturated rings. The molecule has 1 saturated heterocycles. The van der Waals surface area contributed by atoms with E-state index in [9.17, 15) is 10.2 Å². The highest BCUT2D eigenvalue weighted by atomic mass is 16.3. The smallest absolute Gasteiger partial charge is 0.124 e. The third-order valence-electron chi connectivity index (χ3n) is 4.22. The van der Waals surface area contributed by atoms with Gasteiger partial charge in [-0.2, -0.15) is 0 Å². The van der Waals surface area contributed by atoms with Crippen molar-refractivity contribution in [1.82, 2.24) is 4.90 Å². The average molecular weight is 249 g/mol. The maximum atomic E-state index is 9.91. The maximum absolute atomic E-state index is 9.91. The third kappa shape index (κ3) is 2.46. The Morgan fingerprint density at radius 2 is 1.78 bits per heavy atom. The second kappa shape index (κ2) is 5.19. The number of nitrogens with zero attached hydrogens (tertiary/aromatic N) is 1. The normalized spacial score (nSPS) is 22.6. The summed E-state index contributed by atoms with van der Waals surface area (Å²) in [5, 5.41) is 19.8. The van der Waals surface area contributed by atoms with Crippen LogP contribution >= 0.6 is 0 Å². The molecule has 0 amide bonds. The Morgan fingerprint density at radius 3 is 2.28 bits per heavy atom. The van der Waals surface area contributed by atoms with Gasteiger partial charge in [0.25, 0.3) is 0 Å². The van der Waals surface area contributed by atoms with Gasteiger partial charge in [0.15, 0.2) is 0 Å². The van der Waals surface area contributed by atoms with Crippen molar-refractivity contribution < 1.29 is 10.2 Å². The van der Waals surface area contributed by atoms with Crippen LogP contribution in [0.15, 0.2) is 18.2 Å². The van der Waals surface area contributed by atoms with E-state index in [0.29, 0.717) is 11.5 Å². The van der Waals surface area contributed by atoms with Gasteiger partial charge in [-0.3, -0.25) is 4.90 Å². The van der Waals surface area contributed by atoms with E-state index in [-0.39, 0.29) is 17.5 Å². The molecule has 1 heterocycles. The Morgan fingerprint density at radius 1 is 1.17 bits per heavy atom. The number of hydrogen-bond donors (Lipinski definition) is 2. The van der Waals surface area contributed by atoms with E-state index < -0.39 is 0 Å². The number of hydrogen-bond acceptors (Lipinski definition) is 3. The Kier molecular flexibility index (Phi) is 3.81. The summed E-state index contributed by atoms with van der Waals surface area (Å²) in [7, 11) is 0. The first-order valence-electron chi connectivity index (χ1n) is 6.75. The Hall–Kier alpha value is -1.22. The Balaban J connectivity index is 2.15. The van der Waals surface area contributed by atoms with Crippen molar-refractivity contribution in [2.45, 2.75) is 33.2 Å². The van der Waals surface area contributed by atoms with Crippen LogP contribution in [0.25, 0.3) is 0 Å². The van der Waals surface area contributed by atoms with Crippen molar-refractivity contribution in [3.05, 3.63) is 23.8 Å². The lowest BCUT2D eigenvalue weighted by atomic mass is 9.95. The van der Waals surface area contributed by atoms with E-state index in [1.165, 1.54) is 6.42 Å². The lowest BCUT2D eigenvalue weighted by Crippen LogP contribution is -2.25. The van der Waals surface area contributed by atoms with Crippen molar-refractivity contribution in [2.24, 2.45) is 11.8 Å². The molecule has 1 aromatic carbocycles. The third-order valence-corrected chi connectivity index (χ3v) is 4.22. The summed E-state index contributed by atoms with van der Waals surface area (Å²) in [5.74, 6) is 1.80. The first-order valence-corrected chi connectivity index (χ1v) is 6.75. The summed E-state index contributed by atoms with van der Waals surface area (Å²) in [6.45, 7) is 8.66. The van der Waals surface area contributed by atoms with Gasteiger partial charge in [0.05, 0.1) is 5.56 Å². The zero-order valence-electron chi connectivity index (χ0n) is 11.4. The van der Waals surface area contributed by atoms with Gasteiger partial charge in [-0.05, 0) is 43.9 Å². The summed E-state index contributed by atoms with van der Waals surface area (Å²) < 4.78 is 0. The topological polar surface area (TPSA) is 43.7 Å². The minimum Gasteiger partial charge on any atom is -0.507 e. The fourth-order valence-electron chi connectivity index (χ4n) is 2.86. The summed E-state index contributed by atoms with van der Waals surface area (Å²) in [5.41, 5.74) is 0.655. The molecule has 1 aromatic rings. The van der Waals surface area contributed by atoms with Crippen molar-refractivity contribution in [2.75, 3.05) is 13.1 Å². The van der Waals surface area contributed by atoms with E-state index in [1.807, 2.05) is 0 Å². The summed E-state index contributed by atoms with van der Waals surface area (Å²) in [6.07, 6.45) is 1.20. The average Bonchev–Trinajstić information content (AvgIpc) is 2.77. The number of likely N-dealkylation sites (tertiary alicyclic amines) is 1. The number of phenolic OH excluding ortho intramolecular Hbond substituents is 2. The summed E-state index contributed by atoms with van der Waals surface area (Å²) in [4.78, 5) is 2.35. The van der Waals surface area contributed by atoms with E-state index in [2.05, 4.69) is 25.7 Å². The van der Waals surface area contributed by atoms with Crippen LogP contribution in [0.3, 0.4) is 0 Å². The van der Waals surface area contributed by atoms with E-state index in [4.69, 9.17) is 0 Å². The lowest BCUT2D eigenvalue weighted by Gasteiger charge is -2.26. The first kappa shape index (κ1) is 13.2. The van der Waals surface area contributed by atoms with Crippen molar-refractivity contribution in [3.8, 4) is 11.5 Å². The van der Waals surface area contributed by atoms with E-state index >= 15 is 0 Å². The molecule has 0 spiro atoms. The number of aromatic hydroxyl groups is 2. The Labute approximate surface area is 109 Å². The quantitative estimate of drug-likeness (QED) is 0.865. The SMILES string of the molecule is CC(C)C1CCN(C(C)c2c(O)cccc2O)C1. The van der Waals surface area contributed by atoms with Gasteiger partial charge >= 0.3 is 0 Å². The molecule has 2 rings (SSSR count). The van der Waals surface area contributed by atoms with Gasteiger partial charge in [-0.15, -0.1) is 0 Å². The highest BCUT2D eigenvalue weighted by Crippen LogP contribution is 2.38. The molecule has 1 aliphatic heterocycles. The molecule has 0 radical (unpaired) electrons. The van der Waals surface area contributed by atoms with Crippen LogP contribution in [0, 0.1) is 11.8 Å². The minimum atomic E-state index is 0.0648. The van der Waals surface area contributed by atoms with Crippen LogP contribution in [0.4, 0.5) is 0 Å². The van der Waals surface area contributed by atoms with Crippen molar-refractivity contribution >= 4 is 0 Å². The first-order chi connectivity index (χ1) is 8.50. The van der Waals surface area contributed by atoms with Crippen molar-refractivity contribution in [3.63, 3.8) is 0 Å². The molecule has 2 N–H and O–H groups in total. The lowest BCUT2D eigenvalue weighted by molar-refractivity contribution is 0.233. The maximum Gasteiger partial charge on any atom is 0.124 e. The second-order valence-electron chi connectivity index (χ2n) is 5.67. The minimum absolute atomic E-state index is 0.0648. The standard InChI is InChI=1S/C15H23NO2/c1-10(2)12-7-8-16(9-12)11(3)15-13(17)5-4-6-14(15)18/h4-6,10-12,17-18H,7-9H2,1-3H3. The summed E-state index contributed by atoms with van der Waals surface area (Å²) in [6, 6.07) is 5.01. The molecule has 0 aromatic heterocycles. The van der Waals surface area contributed by atoms with Crippen LogP contribution in [0.2, 0.25) is 0 Å². The zero-order valence-corrected chi connectivity index (χ0v) is 11.4. The van der Waals surface area contributed by atoms with E-state index in [0.717, 1.165) is 19.0 Å². The molecule has 0 saturated carbocycles. The van der Waals surface area contributed by atoms with E-state index in [1.54, 1.807) is 18.2 Å². The number of rotatable bonds is 3. The van der Waals surface area contributed by atoms with Crippen LogP contribution in [0.1, 0.15) is 38.8 Å². The molecule has 2 unspecified atom stereocenters. The fraction of sp³-hybridized carbons (Fsp3) is 0.600. The zero-order chi connectivity index (χ0) is 13.3. The highest BCUT2D eigenvalue weighted by molar-refractivity contribution is 5.45. The van der Waals surface area contributed by atoms with Gasteiger partial charge < -0.3 is 10.2 Å². The summed E-state index contributed by atoms with van der Waals surface area (Å²) >= 11 is 0. The Bertz CT molecular complexity index is 397. The molecule has 0 aliphatic carbocycles.